The average Bonchev–Trinajstić information content (AvgIpc) is 2.11. The summed E-state index contributed by atoms with van der Waals surface area (Å²) < 4.78 is 10.4. The Bertz CT molecular complexity index is 257. The highest BCUT2D eigenvalue weighted by Gasteiger charge is 2.35. The summed E-state index contributed by atoms with van der Waals surface area (Å²) in [6.07, 6.45) is 1.82. The fraction of sp³-hybridized carbons (Fsp3) is 0.917. The molecule has 17 heavy (non-hydrogen) atoms. The molecule has 0 aromatic rings. The fourth-order valence-electron chi connectivity index (χ4n) is 1.96. The van der Waals surface area contributed by atoms with Gasteiger partial charge in [-0.05, 0) is 39.5 Å². The van der Waals surface area contributed by atoms with Gasteiger partial charge in [-0.15, -0.1) is 0 Å². The van der Waals surface area contributed by atoms with Crippen molar-refractivity contribution in [2.75, 3.05) is 13.7 Å². The molecule has 5 nitrogen and oxygen atoms in total. The first-order valence-corrected chi connectivity index (χ1v) is 6.08. The third kappa shape index (κ3) is 4.52. The summed E-state index contributed by atoms with van der Waals surface area (Å²) in [5.41, 5.74) is 5.20. The monoisotopic (exact) mass is 244 g/mol. The zero-order chi connectivity index (χ0) is 13.1. The molecule has 1 rings (SSSR count). The summed E-state index contributed by atoms with van der Waals surface area (Å²) in [6, 6.07) is -0.0174. The first-order chi connectivity index (χ1) is 7.85. The highest BCUT2D eigenvalue weighted by atomic mass is 16.6. The van der Waals surface area contributed by atoms with Crippen LogP contribution in [-0.4, -0.2) is 37.5 Å². The molecule has 1 amide bonds. The minimum Gasteiger partial charge on any atom is -0.444 e. The van der Waals surface area contributed by atoms with Gasteiger partial charge in [0.2, 0.25) is 0 Å². The maximum absolute atomic E-state index is 11.6. The Kier molecular flexibility index (Phi) is 4.77. The van der Waals surface area contributed by atoms with Gasteiger partial charge in [-0.3, -0.25) is 0 Å². The van der Waals surface area contributed by atoms with Crippen LogP contribution in [0.2, 0.25) is 0 Å². The topological polar surface area (TPSA) is 73.6 Å². The number of nitrogens with two attached hydrogens (primary N) is 1. The van der Waals surface area contributed by atoms with Crippen LogP contribution in [0.5, 0.6) is 0 Å². The largest absolute Gasteiger partial charge is 0.444 e. The molecule has 0 spiro atoms. The number of methoxy groups -OCH3 is 1. The molecule has 0 aliphatic heterocycles. The van der Waals surface area contributed by atoms with Crippen LogP contribution in [0.3, 0.4) is 0 Å². The van der Waals surface area contributed by atoms with E-state index in [1.165, 1.54) is 0 Å². The van der Waals surface area contributed by atoms with Gasteiger partial charge in [0.05, 0.1) is 6.10 Å². The lowest BCUT2D eigenvalue weighted by Crippen LogP contribution is -2.52. The van der Waals surface area contributed by atoms with Crippen molar-refractivity contribution in [1.29, 1.82) is 0 Å². The minimum atomic E-state index is -0.474. The third-order valence-corrected chi connectivity index (χ3v) is 2.99. The third-order valence-electron chi connectivity index (χ3n) is 2.99. The molecular weight excluding hydrogens is 220 g/mol. The molecule has 0 heterocycles. The zero-order valence-corrected chi connectivity index (χ0v) is 11.2. The van der Waals surface area contributed by atoms with Gasteiger partial charge in [0.15, 0.2) is 0 Å². The van der Waals surface area contributed by atoms with Crippen molar-refractivity contribution in [2.24, 2.45) is 11.7 Å². The predicted molar refractivity (Wildman–Crippen MR) is 65.7 cm³/mol. The zero-order valence-electron chi connectivity index (χ0n) is 11.2. The lowest BCUT2D eigenvalue weighted by molar-refractivity contribution is -0.0137. The molecule has 0 radical (unpaired) electrons. The van der Waals surface area contributed by atoms with E-state index in [0.717, 1.165) is 12.8 Å². The normalized spacial score (nSPS) is 25.9. The van der Waals surface area contributed by atoms with Crippen LogP contribution in [-0.2, 0) is 9.47 Å². The molecule has 0 aromatic carbocycles. The Hall–Kier alpha value is -0.810. The number of hydrogen-bond acceptors (Lipinski definition) is 4. The van der Waals surface area contributed by atoms with Gasteiger partial charge < -0.3 is 20.5 Å². The molecule has 0 aromatic heterocycles. The Morgan fingerprint density at radius 1 is 1.47 bits per heavy atom. The molecule has 1 unspecified atom stereocenters. The Morgan fingerprint density at radius 2 is 2.06 bits per heavy atom. The molecule has 1 aliphatic rings. The second-order valence-corrected chi connectivity index (χ2v) is 5.58. The van der Waals surface area contributed by atoms with Gasteiger partial charge in [0.25, 0.3) is 0 Å². The van der Waals surface area contributed by atoms with Crippen molar-refractivity contribution in [2.45, 2.75) is 51.4 Å². The van der Waals surface area contributed by atoms with E-state index in [9.17, 15) is 4.79 Å². The number of rotatable bonds is 4. The summed E-state index contributed by atoms with van der Waals surface area (Å²) >= 11 is 0. The van der Waals surface area contributed by atoms with Gasteiger partial charge in [0.1, 0.15) is 5.60 Å². The first-order valence-electron chi connectivity index (χ1n) is 6.08. The summed E-state index contributed by atoms with van der Waals surface area (Å²) in [7, 11) is 1.71. The Balaban J connectivity index is 2.35. The van der Waals surface area contributed by atoms with Crippen LogP contribution in [0.25, 0.3) is 0 Å². The highest BCUT2D eigenvalue weighted by molar-refractivity contribution is 5.68. The lowest BCUT2D eigenvalue weighted by Gasteiger charge is -2.39. The number of alkyl carbamates (subject to hydrolysis) is 1. The molecule has 1 atom stereocenters. The number of ether oxygens (including phenoxy) is 2. The second-order valence-electron chi connectivity index (χ2n) is 5.58. The van der Waals surface area contributed by atoms with E-state index >= 15 is 0 Å². The lowest BCUT2D eigenvalue weighted by atomic mass is 9.77. The van der Waals surface area contributed by atoms with Crippen molar-refractivity contribution >= 4 is 6.09 Å². The number of amides is 1. The van der Waals surface area contributed by atoms with E-state index in [-0.39, 0.29) is 6.04 Å². The first kappa shape index (κ1) is 14.3. The fourth-order valence-corrected chi connectivity index (χ4v) is 1.96. The predicted octanol–water partition coefficient (Wildman–Crippen LogP) is 1.26. The number of nitrogens with one attached hydrogen (secondary N) is 1. The van der Waals surface area contributed by atoms with E-state index in [0.29, 0.717) is 18.6 Å². The molecule has 5 heteroatoms. The number of carbonyl (C=O) groups is 1. The van der Waals surface area contributed by atoms with Crippen LogP contribution in [0.4, 0.5) is 4.79 Å². The van der Waals surface area contributed by atoms with Crippen molar-refractivity contribution in [3.05, 3.63) is 0 Å². The second kappa shape index (κ2) is 5.69. The van der Waals surface area contributed by atoms with Gasteiger partial charge in [0, 0.05) is 19.7 Å². The van der Waals surface area contributed by atoms with Crippen molar-refractivity contribution in [3.63, 3.8) is 0 Å². The molecule has 1 aliphatic carbocycles. The van der Waals surface area contributed by atoms with Gasteiger partial charge in [-0.2, -0.15) is 0 Å². The van der Waals surface area contributed by atoms with Crippen LogP contribution >= 0.6 is 0 Å². The van der Waals surface area contributed by atoms with Crippen LogP contribution in [0.15, 0.2) is 0 Å². The Morgan fingerprint density at radius 3 is 2.47 bits per heavy atom. The number of hydrogen-bond donors (Lipinski definition) is 2. The maximum atomic E-state index is 11.6. The molecule has 1 fully saturated rings. The maximum Gasteiger partial charge on any atom is 0.407 e. The SMILES string of the molecule is COC1CC(C(CN)NC(=O)OC(C)(C)C)C1. The van der Waals surface area contributed by atoms with Gasteiger partial charge in [-0.25, -0.2) is 4.79 Å². The molecule has 0 bridgehead atoms. The minimum absolute atomic E-state index is 0.0174. The molecule has 100 valence electrons. The van der Waals surface area contributed by atoms with Crippen molar-refractivity contribution < 1.29 is 14.3 Å². The molecule has 3 N–H and O–H groups in total. The van der Waals surface area contributed by atoms with Gasteiger partial charge >= 0.3 is 6.09 Å². The summed E-state index contributed by atoms with van der Waals surface area (Å²) in [6.45, 7) is 5.96. The average molecular weight is 244 g/mol. The van der Waals surface area contributed by atoms with E-state index in [2.05, 4.69) is 5.32 Å². The van der Waals surface area contributed by atoms with Crippen LogP contribution in [0.1, 0.15) is 33.6 Å². The highest BCUT2D eigenvalue weighted by Crippen LogP contribution is 2.32. The van der Waals surface area contributed by atoms with Gasteiger partial charge in [-0.1, -0.05) is 0 Å². The van der Waals surface area contributed by atoms with Crippen molar-refractivity contribution in [1.82, 2.24) is 5.32 Å². The van der Waals surface area contributed by atoms with E-state index in [1.807, 2.05) is 20.8 Å². The van der Waals surface area contributed by atoms with Crippen molar-refractivity contribution in [3.8, 4) is 0 Å². The standard InChI is InChI=1S/C12H24N2O3/c1-12(2,3)17-11(15)14-10(7-13)8-5-9(6-8)16-4/h8-10H,5-7,13H2,1-4H3,(H,14,15). The summed E-state index contributed by atoms with van der Waals surface area (Å²) in [4.78, 5) is 11.6. The summed E-state index contributed by atoms with van der Waals surface area (Å²) in [5.74, 6) is 0.400. The molecular formula is C12H24N2O3. The van der Waals surface area contributed by atoms with Crippen LogP contribution in [0, 0.1) is 5.92 Å². The molecule has 0 saturated heterocycles. The summed E-state index contributed by atoms with van der Waals surface area (Å²) in [5, 5.41) is 2.83. The Labute approximate surface area is 103 Å². The van der Waals surface area contributed by atoms with E-state index in [1.54, 1.807) is 7.11 Å². The van der Waals surface area contributed by atoms with E-state index in [4.69, 9.17) is 15.2 Å². The number of carbonyl (C=O) groups excluding carboxylic acids is 1. The van der Waals surface area contributed by atoms with E-state index < -0.39 is 11.7 Å². The quantitative estimate of drug-likeness (QED) is 0.781. The molecule has 1 saturated carbocycles. The smallest absolute Gasteiger partial charge is 0.407 e. The van der Waals surface area contributed by atoms with Crippen LogP contribution < -0.4 is 11.1 Å².